The first-order chi connectivity index (χ1) is 7.88. The second-order valence-electron chi connectivity index (χ2n) is 3.96. The lowest BCUT2D eigenvalue weighted by Crippen LogP contribution is -2.58. The van der Waals surface area contributed by atoms with Crippen molar-refractivity contribution >= 4 is 0 Å². The van der Waals surface area contributed by atoms with Crippen molar-refractivity contribution in [2.75, 3.05) is 6.61 Å². The van der Waals surface area contributed by atoms with Crippen molar-refractivity contribution in [3.63, 3.8) is 0 Å². The van der Waals surface area contributed by atoms with Gasteiger partial charge in [0.25, 0.3) is 0 Å². The van der Waals surface area contributed by atoms with E-state index in [2.05, 4.69) is 0 Å². The van der Waals surface area contributed by atoms with Gasteiger partial charge in [-0.25, -0.2) is 0 Å². The van der Waals surface area contributed by atoms with Gasteiger partial charge in [-0.1, -0.05) is 0 Å². The maximum atomic E-state index is 9.51. The van der Waals surface area contributed by atoms with Crippen LogP contribution < -0.4 is 0 Å². The van der Waals surface area contributed by atoms with Crippen LogP contribution in [0, 0.1) is 0 Å². The van der Waals surface area contributed by atoms with Gasteiger partial charge in [-0.3, -0.25) is 0 Å². The highest BCUT2D eigenvalue weighted by atomic mass is 16.7. The molecule has 0 aromatic carbocycles. The molecule has 6 N–H and O–H groups in total. The second kappa shape index (κ2) is 6.03. The number of hydrogen-bond donors (Lipinski definition) is 6. The smallest absolute Gasteiger partial charge is 0.189 e. The molecule has 17 heavy (non-hydrogen) atoms. The number of rotatable bonds is 4. The summed E-state index contributed by atoms with van der Waals surface area (Å²) < 4.78 is 9.76. The molecular weight excluding hydrogens is 236 g/mol. The predicted octanol–water partition coefficient (Wildman–Crippen LogP) is -3.50. The van der Waals surface area contributed by atoms with Gasteiger partial charge in [0, 0.05) is 0 Å². The predicted molar refractivity (Wildman–Crippen MR) is 52.5 cm³/mol. The van der Waals surface area contributed by atoms with E-state index in [0.29, 0.717) is 0 Å². The van der Waals surface area contributed by atoms with E-state index in [1.165, 1.54) is 6.92 Å². The van der Waals surface area contributed by atoms with Crippen LogP contribution >= 0.6 is 0 Å². The van der Waals surface area contributed by atoms with Gasteiger partial charge in [0.15, 0.2) is 12.6 Å². The summed E-state index contributed by atoms with van der Waals surface area (Å²) in [6, 6.07) is 0. The molecule has 1 saturated heterocycles. The molecule has 8 heteroatoms. The summed E-state index contributed by atoms with van der Waals surface area (Å²) in [5.74, 6) is 0. The Morgan fingerprint density at radius 3 is 2.24 bits per heavy atom. The molecule has 0 aliphatic carbocycles. The number of hydrogen-bond acceptors (Lipinski definition) is 8. The first-order valence-electron chi connectivity index (χ1n) is 5.20. The van der Waals surface area contributed by atoms with Crippen LogP contribution in [0.5, 0.6) is 0 Å². The highest BCUT2D eigenvalue weighted by Gasteiger charge is 2.43. The van der Waals surface area contributed by atoms with Gasteiger partial charge in [-0.05, 0) is 6.92 Å². The van der Waals surface area contributed by atoms with Crippen molar-refractivity contribution < 1.29 is 40.1 Å². The summed E-state index contributed by atoms with van der Waals surface area (Å²) in [4.78, 5) is 0. The van der Waals surface area contributed by atoms with Gasteiger partial charge in [-0.2, -0.15) is 0 Å². The third kappa shape index (κ3) is 3.33. The molecule has 1 rings (SSSR count). The fourth-order valence-electron chi connectivity index (χ4n) is 1.44. The van der Waals surface area contributed by atoms with Gasteiger partial charge < -0.3 is 40.1 Å². The van der Waals surface area contributed by atoms with Crippen LogP contribution in [0.4, 0.5) is 0 Å². The van der Waals surface area contributed by atoms with Crippen LogP contribution in [0.1, 0.15) is 6.92 Å². The molecule has 0 spiro atoms. The monoisotopic (exact) mass is 254 g/mol. The van der Waals surface area contributed by atoms with Crippen molar-refractivity contribution in [1.29, 1.82) is 0 Å². The SMILES string of the molecule is C[C@H]1O[C@H](OC(O)[C@@H](O)CO)[C@H](O)[C@@H](O)[C@@H]1O. The Balaban J connectivity index is 2.59. The number of ether oxygens (including phenoxy) is 2. The van der Waals surface area contributed by atoms with Crippen LogP contribution in [0.3, 0.4) is 0 Å². The molecule has 1 heterocycles. The van der Waals surface area contributed by atoms with E-state index in [4.69, 9.17) is 19.7 Å². The van der Waals surface area contributed by atoms with Gasteiger partial charge in [0.2, 0.25) is 0 Å². The van der Waals surface area contributed by atoms with Crippen molar-refractivity contribution in [2.24, 2.45) is 0 Å². The summed E-state index contributed by atoms with van der Waals surface area (Å²) in [5.41, 5.74) is 0. The Hall–Kier alpha value is -0.320. The maximum Gasteiger partial charge on any atom is 0.189 e. The van der Waals surface area contributed by atoms with Crippen LogP contribution in [0.15, 0.2) is 0 Å². The zero-order valence-electron chi connectivity index (χ0n) is 9.25. The van der Waals surface area contributed by atoms with Crippen LogP contribution in [-0.2, 0) is 9.47 Å². The minimum Gasteiger partial charge on any atom is -0.393 e. The molecule has 1 fully saturated rings. The summed E-state index contributed by atoms with van der Waals surface area (Å²) in [7, 11) is 0. The van der Waals surface area contributed by atoms with E-state index >= 15 is 0 Å². The van der Waals surface area contributed by atoms with Gasteiger partial charge in [0.05, 0.1) is 12.7 Å². The second-order valence-corrected chi connectivity index (χ2v) is 3.96. The highest BCUT2D eigenvalue weighted by Crippen LogP contribution is 2.22. The largest absolute Gasteiger partial charge is 0.393 e. The van der Waals surface area contributed by atoms with E-state index in [-0.39, 0.29) is 0 Å². The van der Waals surface area contributed by atoms with E-state index in [1.54, 1.807) is 0 Å². The molecule has 0 amide bonds. The molecule has 7 atom stereocenters. The first-order valence-corrected chi connectivity index (χ1v) is 5.20. The third-order valence-electron chi connectivity index (χ3n) is 2.60. The lowest BCUT2D eigenvalue weighted by molar-refractivity contribution is -0.337. The summed E-state index contributed by atoms with van der Waals surface area (Å²) in [6.45, 7) is 0.718. The van der Waals surface area contributed by atoms with Gasteiger partial charge in [0.1, 0.15) is 24.4 Å². The fourth-order valence-corrected chi connectivity index (χ4v) is 1.44. The zero-order valence-corrected chi connectivity index (χ0v) is 9.25. The van der Waals surface area contributed by atoms with Crippen LogP contribution in [0.2, 0.25) is 0 Å². The van der Waals surface area contributed by atoms with E-state index in [9.17, 15) is 20.4 Å². The molecule has 8 nitrogen and oxygen atoms in total. The Labute approximate surface area is 97.6 Å². The maximum absolute atomic E-state index is 9.51. The van der Waals surface area contributed by atoms with Crippen LogP contribution in [0.25, 0.3) is 0 Å². The normalized spacial score (nSPS) is 42.2. The number of aliphatic hydroxyl groups excluding tert-OH is 6. The Morgan fingerprint density at radius 2 is 1.71 bits per heavy atom. The summed E-state index contributed by atoms with van der Waals surface area (Å²) in [5, 5.41) is 55.2. The molecule has 0 bridgehead atoms. The highest BCUT2D eigenvalue weighted by molar-refractivity contribution is 4.87. The summed E-state index contributed by atoms with van der Waals surface area (Å²) in [6.07, 6.45) is -9.86. The first kappa shape index (κ1) is 14.7. The van der Waals surface area contributed by atoms with Crippen molar-refractivity contribution in [1.82, 2.24) is 0 Å². The zero-order chi connectivity index (χ0) is 13.2. The van der Waals surface area contributed by atoms with Crippen LogP contribution in [-0.4, -0.2) is 80.3 Å². The van der Waals surface area contributed by atoms with E-state index in [0.717, 1.165) is 0 Å². The topological polar surface area (TPSA) is 140 Å². The molecule has 102 valence electrons. The molecule has 1 unspecified atom stereocenters. The average Bonchev–Trinajstić information content (AvgIpc) is 2.32. The Morgan fingerprint density at radius 1 is 1.12 bits per heavy atom. The van der Waals surface area contributed by atoms with Crippen molar-refractivity contribution in [3.05, 3.63) is 0 Å². The molecule has 0 aromatic heterocycles. The van der Waals surface area contributed by atoms with Gasteiger partial charge >= 0.3 is 0 Å². The fraction of sp³-hybridized carbons (Fsp3) is 1.00. The standard InChI is InChI=1S/C9H18O8/c1-3-5(12)6(13)7(14)9(16-3)17-8(15)4(11)2-10/h3-15H,2H2,1H3/t3-,4+,5-,6+,7-,8?,9-/m1/s1. The molecule has 1 aliphatic rings. The van der Waals surface area contributed by atoms with E-state index in [1.807, 2.05) is 0 Å². The average molecular weight is 254 g/mol. The summed E-state index contributed by atoms with van der Waals surface area (Å²) >= 11 is 0. The van der Waals surface area contributed by atoms with Gasteiger partial charge in [-0.15, -0.1) is 0 Å². The Bertz CT molecular complexity index is 237. The lowest BCUT2D eigenvalue weighted by Gasteiger charge is -2.39. The minimum atomic E-state index is -1.77. The molecule has 0 saturated carbocycles. The van der Waals surface area contributed by atoms with E-state index < -0.39 is 49.7 Å². The quantitative estimate of drug-likeness (QED) is 0.284. The molecule has 1 aliphatic heterocycles. The number of aliphatic hydroxyl groups is 6. The van der Waals surface area contributed by atoms with Crippen molar-refractivity contribution in [3.8, 4) is 0 Å². The molecule has 0 aromatic rings. The lowest BCUT2D eigenvalue weighted by atomic mass is 10.00. The third-order valence-corrected chi connectivity index (χ3v) is 2.60. The Kier molecular flexibility index (Phi) is 5.22. The molecular formula is C9H18O8. The minimum absolute atomic E-state index is 0.731. The molecule has 0 radical (unpaired) electrons. The van der Waals surface area contributed by atoms with Crippen molar-refractivity contribution in [2.45, 2.75) is 50.0 Å².